The number of pyridine rings is 1. The van der Waals surface area contributed by atoms with Crippen LogP contribution in [-0.4, -0.2) is 18.1 Å². The van der Waals surface area contributed by atoms with Gasteiger partial charge in [-0.3, -0.25) is 0 Å². The van der Waals surface area contributed by atoms with Gasteiger partial charge in [-0.1, -0.05) is 31.5 Å². The van der Waals surface area contributed by atoms with Crippen molar-refractivity contribution in [2.75, 3.05) is 7.11 Å². The molecule has 19 heavy (non-hydrogen) atoms. The van der Waals surface area contributed by atoms with Crippen molar-refractivity contribution in [3.63, 3.8) is 0 Å². The van der Waals surface area contributed by atoms with E-state index < -0.39 is 0 Å². The lowest BCUT2D eigenvalue weighted by Gasteiger charge is -2.13. The number of rotatable bonds is 6. The van der Waals surface area contributed by atoms with Gasteiger partial charge in [-0.05, 0) is 25.5 Å². The number of para-hydroxylation sites is 1. The third-order valence-electron chi connectivity index (χ3n) is 3.31. The molecule has 1 aromatic heterocycles. The number of ether oxygens (including phenoxy) is 1. The van der Waals surface area contributed by atoms with Crippen LogP contribution in [0.3, 0.4) is 0 Å². The summed E-state index contributed by atoms with van der Waals surface area (Å²) >= 11 is 0. The van der Waals surface area contributed by atoms with Crippen LogP contribution in [0.4, 0.5) is 0 Å². The molecule has 0 aliphatic carbocycles. The molecule has 1 aromatic carbocycles. The van der Waals surface area contributed by atoms with Gasteiger partial charge in [-0.25, -0.2) is 4.98 Å². The summed E-state index contributed by atoms with van der Waals surface area (Å²) in [5, 5.41) is 4.61. The minimum absolute atomic E-state index is 0.528. The van der Waals surface area contributed by atoms with Crippen molar-refractivity contribution in [2.45, 2.75) is 39.3 Å². The summed E-state index contributed by atoms with van der Waals surface area (Å²) in [6.07, 6.45) is 2.39. The van der Waals surface area contributed by atoms with Crippen LogP contribution in [0.5, 0.6) is 5.75 Å². The van der Waals surface area contributed by atoms with E-state index in [1.54, 1.807) is 7.11 Å². The fourth-order valence-electron chi connectivity index (χ4n) is 2.24. The molecule has 0 aliphatic rings. The Hall–Kier alpha value is -1.61. The number of nitrogens with one attached hydrogen (secondary N) is 1. The van der Waals surface area contributed by atoms with Gasteiger partial charge in [0.15, 0.2) is 0 Å². The number of methoxy groups -OCH3 is 1. The Morgan fingerprint density at radius 3 is 2.84 bits per heavy atom. The Kier molecular flexibility index (Phi) is 4.74. The van der Waals surface area contributed by atoms with Crippen molar-refractivity contribution in [3.8, 4) is 5.75 Å². The van der Waals surface area contributed by atoms with Gasteiger partial charge in [0.2, 0.25) is 0 Å². The van der Waals surface area contributed by atoms with E-state index in [4.69, 9.17) is 9.72 Å². The lowest BCUT2D eigenvalue weighted by Crippen LogP contribution is -2.25. The van der Waals surface area contributed by atoms with Crippen molar-refractivity contribution in [1.29, 1.82) is 0 Å². The Morgan fingerprint density at radius 2 is 2.11 bits per heavy atom. The maximum absolute atomic E-state index is 5.36. The van der Waals surface area contributed by atoms with Crippen LogP contribution in [0.1, 0.15) is 32.4 Å². The van der Waals surface area contributed by atoms with E-state index in [0.717, 1.165) is 28.9 Å². The predicted octanol–water partition coefficient (Wildman–Crippen LogP) is 3.52. The third-order valence-corrected chi connectivity index (χ3v) is 3.31. The summed E-state index contributed by atoms with van der Waals surface area (Å²) in [6, 6.07) is 10.7. The molecule has 1 heterocycles. The fourth-order valence-corrected chi connectivity index (χ4v) is 2.24. The summed E-state index contributed by atoms with van der Waals surface area (Å²) in [7, 11) is 1.69. The quantitative estimate of drug-likeness (QED) is 0.860. The highest BCUT2D eigenvalue weighted by Gasteiger charge is 2.05. The van der Waals surface area contributed by atoms with E-state index >= 15 is 0 Å². The molecule has 3 nitrogen and oxygen atoms in total. The van der Waals surface area contributed by atoms with Gasteiger partial charge in [-0.15, -0.1) is 0 Å². The average molecular weight is 258 g/mol. The maximum atomic E-state index is 5.36. The molecule has 0 saturated carbocycles. The van der Waals surface area contributed by atoms with E-state index in [0.29, 0.717) is 6.04 Å². The minimum atomic E-state index is 0.528. The molecular formula is C16H22N2O. The van der Waals surface area contributed by atoms with Crippen molar-refractivity contribution >= 4 is 10.9 Å². The van der Waals surface area contributed by atoms with Crippen LogP contribution in [0.2, 0.25) is 0 Å². The Bertz CT molecular complexity index is 539. The first-order valence-electron chi connectivity index (χ1n) is 6.90. The fraction of sp³-hybridized carbons (Fsp3) is 0.438. The van der Waals surface area contributed by atoms with Crippen LogP contribution in [0.25, 0.3) is 10.9 Å². The molecule has 1 atom stereocenters. The molecule has 0 saturated heterocycles. The summed E-state index contributed by atoms with van der Waals surface area (Å²) in [5.74, 6) is 0.834. The van der Waals surface area contributed by atoms with Crippen LogP contribution < -0.4 is 10.1 Å². The molecule has 0 bridgehead atoms. The molecule has 0 aliphatic heterocycles. The van der Waals surface area contributed by atoms with Gasteiger partial charge in [-0.2, -0.15) is 0 Å². The number of aromatic nitrogens is 1. The van der Waals surface area contributed by atoms with Gasteiger partial charge in [0, 0.05) is 18.0 Å². The minimum Gasteiger partial charge on any atom is -0.494 e. The van der Waals surface area contributed by atoms with Crippen molar-refractivity contribution < 1.29 is 4.74 Å². The lowest BCUT2D eigenvalue weighted by atomic mass is 10.1. The van der Waals surface area contributed by atoms with Crippen molar-refractivity contribution in [2.24, 2.45) is 0 Å². The second-order valence-electron chi connectivity index (χ2n) is 4.91. The molecule has 3 heteroatoms. The van der Waals surface area contributed by atoms with Crippen LogP contribution >= 0.6 is 0 Å². The summed E-state index contributed by atoms with van der Waals surface area (Å²) in [5.41, 5.74) is 1.99. The van der Waals surface area contributed by atoms with Gasteiger partial charge in [0.05, 0.1) is 12.8 Å². The molecule has 1 N–H and O–H groups in total. The first-order valence-corrected chi connectivity index (χ1v) is 6.90. The highest BCUT2D eigenvalue weighted by molar-refractivity contribution is 5.84. The molecule has 0 spiro atoms. The smallest absolute Gasteiger partial charge is 0.145 e. The van der Waals surface area contributed by atoms with E-state index in [2.05, 4.69) is 37.4 Å². The summed E-state index contributed by atoms with van der Waals surface area (Å²) in [4.78, 5) is 4.69. The number of hydrogen-bond acceptors (Lipinski definition) is 3. The first kappa shape index (κ1) is 13.8. The van der Waals surface area contributed by atoms with Crippen LogP contribution in [-0.2, 0) is 6.54 Å². The van der Waals surface area contributed by atoms with E-state index in [1.807, 2.05) is 12.1 Å². The highest BCUT2D eigenvalue weighted by Crippen LogP contribution is 2.23. The summed E-state index contributed by atoms with van der Waals surface area (Å²) < 4.78 is 5.36. The number of benzene rings is 1. The van der Waals surface area contributed by atoms with E-state index in [1.165, 1.54) is 12.8 Å². The molecule has 2 aromatic rings. The van der Waals surface area contributed by atoms with Crippen LogP contribution in [0, 0.1) is 0 Å². The maximum Gasteiger partial charge on any atom is 0.145 e. The zero-order valence-electron chi connectivity index (χ0n) is 11.9. The van der Waals surface area contributed by atoms with Gasteiger partial charge < -0.3 is 10.1 Å². The molecule has 1 unspecified atom stereocenters. The number of fused-ring (bicyclic) bond motifs is 1. The van der Waals surface area contributed by atoms with E-state index in [-0.39, 0.29) is 0 Å². The zero-order chi connectivity index (χ0) is 13.7. The van der Waals surface area contributed by atoms with Crippen molar-refractivity contribution in [1.82, 2.24) is 10.3 Å². The number of nitrogens with zero attached hydrogens (tertiary/aromatic N) is 1. The standard InChI is InChI=1S/C16H22N2O/c1-4-6-12(2)17-11-14-10-9-13-7-5-8-15(19-3)16(13)18-14/h5,7-10,12,17H,4,6,11H2,1-3H3. The second-order valence-corrected chi connectivity index (χ2v) is 4.91. The van der Waals surface area contributed by atoms with Crippen LogP contribution in [0.15, 0.2) is 30.3 Å². The predicted molar refractivity (Wildman–Crippen MR) is 79.5 cm³/mol. The molecular weight excluding hydrogens is 236 g/mol. The normalized spacial score (nSPS) is 12.6. The summed E-state index contributed by atoms with van der Waals surface area (Å²) in [6.45, 7) is 5.22. The molecule has 0 amide bonds. The lowest BCUT2D eigenvalue weighted by molar-refractivity contribution is 0.418. The van der Waals surface area contributed by atoms with Gasteiger partial charge in [0.25, 0.3) is 0 Å². The first-order chi connectivity index (χ1) is 9.24. The molecule has 102 valence electrons. The van der Waals surface area contributed by atoms with Gasteiger partial charge in [0.1, 0.15) is 11.3 Å². The molecule has 2 rings (SSSR count). The molecule has 0 radical (unpaired) electrons. The monoisotopic (exact) mass is 258 g/mol. The Morgan fingerprint density at radius 1 is 1.26 bits per heavy atom. The average Bonchev–Trinajstić information content (AvgIpc) is 2.44. The van der Waals surface area contributed by atoms with Crippen molar-refractivity contribution in [3.05, 3.63) is 36.0 Å². The zero-order valence-corrected chi connectivity index (χ0v) is 11.9. The molecule has 0 fully saturated rings. The topological polar surface area (TPSA) is 34.1 Å². The Balaban J connectivity index is 2.16. The number of hydrogen-bond donors (Lipinski definition) is 1. The second kappa shape index (κ2) is 6.53. The highest BCUT2D eigenvalue weighted by atomic mass is 16.5. The third kappa shape index (κ3) is 3.44. The van der Waals surface area contributed by atoms with E-state index in [9.17, 15) is 0 Å². The van der Waals surface area contributed by atoms with Gasteiger partial charge >= 0.3 is 0 Å². The SMILES string of the molecule is CCCC(C)NCc1ccc2cccc(OC)c2n1. The largest absolute Gasteiger partial charge is 0.494 e. The Labute approximate surface area is 115 Å².